The third kappa shape index (κ3) is 2.08. The van der Waals surface area contributed by atoms with Gasteiger partial charge in [0.05, 0.1) is 12.0 Å². The fourth-order valence-electron chi connectivity index (χ4n) is 2.73. The lowest BCUT2D eigenvalue weighted by Crippen LogP contribution is -2.73. The summed E-state index contributed by atoms with van der Waals surface area (Å²) in [6.45, 7) is 7.12. The van der Waals surface area contributed by atoms with Crippen molar-refractivity contribution in [2.24, 2.45) is 0 Å². The van der Waals surface area contributed by atoms with Crippen molar-refractivity contribution in [1.29, 1.82) is 0 Å². The van der Waals surface area contributed by atoms with Crippen molar-refractivity contribution in [3.63, 3.8) is 0 Å². The monoisotopic (exact) mass is 244 g/mol. The van der Waals surface area contributed by atoms with E-state index in [9.17, 15) is 4.79 Å². The highest BCUT2D eigenvalue weighted by Gasteiger charge is 2.47. The Morgan fingerprint density at radius 1 is 1.56 bits per heavy atom. The summed E-state index contributed by atoms with van der Waals surface area (Å²) < 4.78 is 0. The van der Waals surface area contributed by atoms with E-state index in [-0.39, 0.29) is 12.0 Å². The molecule has 2 aliphatic rings. The Kier molecular flexibility index (Phi) is 3.47. The molecular weight excluding hydrogens is 224 g/mol. The van der Waals surface area contributed by atoms with Crippen molar-refractivity contribution in [2.45, 2.75) is 37.1 Å². The summed E-state index contributed by atoms with van der Waals surface area (Å²) in [5.74, 6) is 0.437. The molecule has 4 nitrogen and oxygen atoms in total. The van der Waals surface area contributed by atoms with E-state index in [1.165, 1.54) is 0 Å². The average Bonchev–Trinajstić information content (AvgIpc) is 2.16. The normalized spacial score (nSPS) is 34.4. The molecule has 16 heavy (non-hydrogen) atoms. The van der Waals surface area contributed by atoms with Crippen LogP contribution in [0.15, 0.2) is 0 Å². The molecule has 5 heteroatoms. The van der Waals surface area contributed by atoms with Crippen molar-refractivity contribution < 1.29 is 9.90 Å². The Morgan fingerprint density at radius 3 is 2.75 bits per heavy atom. The first-order valence-corrected chi connectivity index (χ1v) is 6.91. The van der Waals surface area contributed by atoms with Gasteiger partial charge in [-0.3, -0.25) is 9.69 Å². The van der Waals surface area contributed by atoms with Gasteiger partial charge in [0.25, 0.3) is 0 Å². The number of hydrogen-bond donors (Lipinski definition) is 2. The van der Waals surface area contributed by atoms with E-state index < -0.39 is 5.97 Å². The van der Waals surface area contributed by atoms with Gasteiger partial charge in [0, 0.05) is 36.7 Å². The predicted octanol–water partition coefficient (Wildman–Crippen LogP) is 0.629. The summed E-state index contributed by atoms with van der Waals surface area (Å²) in [4.78, 5) is 13.4. The molecule has 0 aliphatic carbocycles. The lowest BCUT2D eigenvalue weighted by molar-refractivity contribution is -0.142. The number of carboxylic acid groups (broad SMARTS) is 1. The molecule has 2 saturated heterocycles. The van der Waals surface area contributed by atoms with Gasteiger partial charge in [-0.05, 0) is 6.92 Å². The van der Waals surface area contributed by atoms with Crippen LogP contribution >= 0.6 is 11.8 Å². The summed E-state index contributed by atoms with van der Waals surface area (Å²) in [6, 6.07) is 0.472. The Labute approximate surface area is 101 Å². The first-order valence-electron chi connectivity index (χ1n) is 5.86. The van der Waals surface area contributed by atoms with Crippen LogP contribution < -0.4 is 5.32 Å². The molecule has 0 aromatic rings. The first-order chi connectivity index (χ1) is 7.55. The van der Waals surface area contributed by atoms with Crippen molar-refractivity contribution in [3.05, 3.63) is 0 Å². The third-order valence-corrected chi connectivity index (χ3v) is 5.22. The second kappa shape index (κ2) is 4.55. The number of rotatable bonds is 3. The molecular formula is C11H20N2O2S. The van der Waals surface area contributed by atoms with E-state index in [1.807, 2.05) is 11.8 Å². The van der Waals surface area contributed by atoms with Crippen molar-refractivity contribution >= 4 is 17.7 Å². The summed E-state index contributed by atoms with van der Waals surface area (Å²) in [7, 11) is 0. The number of carbonyl (C=O) groups is 1. The van der Waals surface area contributed by atoms with Crippen LogP contribution in [-0.4, -0.2) is 58.2 Å². The number of aliphatic carboxylic acids is 1. The first kappa shape index (κ1) is 12.2. The van der Waals surface area contributed by atoms with Crippen molar-refractivity contribution in [3.8, 4) is 0 Å². The van der Waals surface area contributed by atoms with E-state index in [4.69, 9.17) is 5.11 Å². The van der Waals surface area contributed by atoms with E-state index >= 15 is 0 Å². The molecule has 0 bridgehead atoms. The van der Waals surface area contributed by atoms with Crippen molar-refractivity contribution in [2.75, 3.05) is 25.4 Å². The molecule has 0 saturated carbocycles. The highest BCUT2D eigenvalue weighted by Crippen LogP contribution is 2.34. The average molecular weight is 244 g/mol. The molecule has 2 aliphatic heterocycles. The highest BCUT2D eigenvalue weighted by molar-refractivity contribution is 8.00. The largest absolute Gasteiger partial charge is 0.481 e. The lowest BCUT2D eigenvalue weighted by Gasteiger charge is -2.55. The topological polar surface area (TPSA) is 52.6 Å². The molecule has 2 rings (SSSR count). The predicted molar refractivity (Wildman–Crippen MR) is 65.9 cm³/mol. The Bertz CT molecular complexity index is 281. The number of thioether (sulfide) groups is 1. The zero-order chi connectivity index (χ0) is 11.8. The van der Waals surface area contributed by atoms with Crippen LogP contribution in [0, 0.1) is 0 Å². The maximum absolute atomic E-state index is 11.0. The molecule has 2 atom stereocenters. The molecule has 2 fully saturated rings. The molecule has 2 unspecified atom stereocenters. The summed E-state index contributed by atoms with van der Waals surface area (Å²) >= 11 is 1.99. The van der Waals surface area contributed by atoms with Gasteiger partial charge in [-0.15, -0.1) is 0 Å². The number of nitrogens with one attached hydrogen (secondary N) is 1. The molecule has 0 aromatic carbocycles. The molecule has 0 aromatic heterocycles. The van der Waals surface area contributed by atoms with E-state index in [0.717, 1.165) is 25.4 Å². The van der Waals surface area contributed by atoms with Gasteiger partial charge in [-0.2, -0.15) is 11.8 Å². The molecule has 0 radical (unpaired) electrons. The highest BCUT2D eigenvalue weighted by atomic mass is 32.2. The second-order valence-corrected chi connectivity index (χ2v) is 6.39. The quantitative estimate of drug-likeness (QED) is 0.762. The Hall–Kier alpha value is -0.260. The molecule has 0 spiro atoms. The van der Waals surface area contributed by atoms with Gasteiger partial charge in [-0.25, -0.2) is 0 Å². The summed E-state index contributed by atoms with van der Waals surface area (Å²) in [5, 5.41) is 12.9. The number of nitrogens with zero attached hydrogens (tertiary/aromatic N) is 1. The van der Waals surface area contributed by atoms with Crippen LogP contribution in [0.1, 0.15) is 20.3 Å². The minimum atomic E-state index is -0.681. The van der Waals surface area contributed by atoms with Gasteiger partial charge in [0.1, 0.15) is 0 Å². The van der Waals surface area contributed by atoms with Gasteiger partial charge in [0.15, 0.2) is 0 Å². The summed E-state index contributed by atoms with van der Waals surface area (Å²) in [5.41, 5.74) is -0.125. The number of carboxylic acids is 1. The standard InChI is InChI=1S/C11H20N2O2S/c1-8-9(2)16-4-3-13(8)11(5-10(14)15)6-12-7-11/h8-9,12H,3-7H2,1-2H3,(H,14,15). The maximum atomic E-state index is 11.0. The molecule has 2 N–H and O–H groups in total. The van der Waals surface area contributed by atoms with Crippen LogP contribution in [0.5, 0.6) is 0 Å². The zero-order valence-electron chi connectivity index (χ0n) is 9.90. The SMILES string of the molecule is CC1SCCN(C2(CC(=O)O)CNC2)C1C. The molecule has 92 valence electrons. The summed E-state index contributed by atoms with van der Waals surface area (Å²) in [6.07, 6.45) is 0.266. The van der Waals surface area contributed by atoms with Crippen molar-refractivity contribution in [1.82, 2.24) is 10.2 Å². The minimum absolute atomic E-state index is 0.125. The van der Waals surface area contributed by atoms with Gasteiger partial charge in [-0.1, -0.05) is 6.92 Å². The minimum Gasteiger partial charge on any atom is -0.481 e. The Balaban J connectivity index is 2.10. The third-order valence-electron chi connectivity index (χ3n) is 3.88. The maximum Gasteiger partial charge on any atom is 0.305 e. The van der Waals surface area contributed by atoms with Crippen LogP contribution in [0.4, 0.5) is 0 Å². The van der Waals surface area contributed by atoms with E-state index in [0.29, 0.717) is 11.3 Å². The van der Waals surface area contributed by atoms with Crippen LogP contribution in [-0.2, 0) is 4.79 Å². The number of hydrogen-bond acceptors (Lipinski definition) is 4. The van der Waals surface area contributed by atoms with E-state index in [1.54, 1.807) is 0 Å². The second-order valence-electron chi connectivity index (χ2n) is 4.91. The fraction of sp³-hybridized carbons (Fsp3) is 0.909. The van der Waals surface area contributed by atoms with Crippen LogP contribution in [0.3, 0.4) is 0 Å². The lowest BCUT2D eigenvalue weighted by atomic mass is 9.84. The van der Waals surface area contributed by atoms with Crippen LogP contribution in [0.25, 0.3) is 0 Å². The van der Waals surface area contributed by atoms with E-state index in [2.05, 4.69) is 24.1 Å². The smallest absolute Gasteiger partial charge is 0.305 e. The fourth-order valence-corrected chi connectivity index (χ4v) is 3.83. The van der Waals surface area contributed by atoms with Gasteiger partial charge in [0.2, 0.25) is 0 Å². The molecule has 0 amide bonds. The van der Waals surface area contributed by atoms with Crippen LogP contribution in [0.2, 0.25) is 0 Å². The van der Waals surface area contributed by atoms with Gasteiger partial charge < -0.3 is 10.4 Å². The zero-order valence-corrected chi connectivity index (χ0v) is 10.7. The van der Waals surface area contributed by atoms with Gasteiger partial charge >= 0.3 is 5.97 Å². The molecule has 2 heterocycles. The Morgan fingerprint density at radius 2 is 2.25 bits per heavy atom.